The van der Waals surface area contributed by atoms with Crippen molar-refractivity contribution in [2.45, 2.75) is 11.5 Å². The summed E-state index contributed by atoms with van der Waals surface area (Å²) in [6, 6.07) is 3.30. The van der Waals surface area contributed by atoms with E-state index in [1.165, 1.54) is 12.1 Å². The molecule has 10 heteroatoms. The van der Waals surface area contributed by atoms with Gasteiger partial charge in [-0.1, -0.05) is 5.16 Å². The molecule has 0 amide bonds. The molecular formula is C10H7ClN2O6S. The van der Waals surface area contributed by atoms with Crippen LogP contribution in [-0.4, -0.2) is 29.6 Å². The lowest BCUT2D eigenvalue weighted by molar-refractivity contribution is 0.0696. The maximum atomic E-state index is 11.4. The van der Waals surface area contributed by atoms with Crippen molar-refractivity contribution in [2.24, 2.45) is 0 Å². The number of nitrogens with zero attached hydrogens (tertiary/aromatic N) is 2. The molecule has 0 radical (unpaired) electrons. The van der Waals surface area contributed by atoms with Gasteiger partial charge in [-0.2, -0.15) is 4.98 Å². The maximum Gasteiger partial charge on any atom is 0.335 e. The van der Waals surface area contributed by atoms with Gasteiger partial charge in [0, 0.05) is 10.7 Å². The molecule has 0 unspecified atom stereocenters. The van der Waals surface area contributed by atoms with E-state index in [2.05, 4.69) is 14.7 Å². The number of carbonyl (C=O) groups is 1. The van der Waals surface area contributed by atoms with Crippen molar-refractivity contribution in [1.82, 2.24) is 10.1 Å². The predicted molar refractivity (Wildman–Crippen MR) is 65.1 cm³/mol. The number of ether oxygens (including phenoxy) is 1. The number of carboxylic acids is 1. The highest BCUT2D eigenvalue weighted by Gasteiger charge is 2.20. The topological polar surface area (TPSA) is 120 Å². The zero-order chi connectivity index (χ0) is 14.8. The lowest BCUT2D eigenvalue weighted by Crippen LogP contribution is -2.04. The molecule has 0 aliphatic carbocycles. The molecule has 0 saturated carbocycles. The van der Waals surface area contributed by atoms with E-state index in [0.717, 1.165) is 12.5 Å². The third-order valence-electron chi connectivity index (χ3n) is 2.22. The van der Waals surface area contributed by atoms with Crippen molar-refractivity contribution in [3.05, 3.63) is 36.0 Å². The highest BCUT2D eigenvalue weighted by molar-refractivity contribution is 8.13. The van der Waals surface area contributed by atoms with Crippen LogP contribution >= 0.6 is 10.7 Å². The van der Waals surface area contributed by atoms with E-state index < -0.39 is 19.9 Å². The molecule has 2 rings (SSSR count). The Hall–Kier alpha value is -2.13. The minimum Gasteiger partial charge on any atom is -0.484 e. The molecule has 106 valence electrons. The van der Waals surface area contributed by atoms with Crippen LogP contribution in [0.2, 0.25) is 0 Å². The van der Waals surface area contributed by atoms with Crippen LogP contribution < -0.4 is 4.74 Å². The van der Waals surface area contributed by atoms with Gasteiger partial charge in [0.25, 0.3) is 9.05 Å². The lowest BCUT2D eigenvalue weighted by atomic mass is 10.2. The smallest absolute Gasteiger partial charge is 0.335 e. The number of aromatic carboxylic acids is 1. The normalized spacial score (nSPS) is 11.2. The molecule has 8 nitrogen and oxygen atoms in total. The first-order valence-corrected chi connectivity index (χ1v) is 7.39. The van der Waals surface area contributed by atoms with Gasteiger partial charge in [0.15, 0.2) is 6.61 Å². The van der Waals surface area contributed by atoms with Crippen molar-refractivity contribution in [3.8, 4) is 5.75 Å². The summed E-state index contributed by atoms with van der Waals surface area (Å²) in [7, 11) is 1.09. The fourth-order valence-corrected chi connectivity index (χ4v) is 2.35. The quantitative estimate of drug-likeness (QED) is 0.818. The van der Waals surface area contributed by atoms with Gasteiger partial charge in [0.1, 0.15) is 10.6 Å². The maximum absolute atomic E-state index is 11.4. The van der Waals surface area contributed by atoms with Crippen molar-refractivity contribution in [1.29, 1.82) is 0 Å². The third kappa shape index (κ3) is 3.25. The molecule has 1 aromatic carbocycles. The number of carboxylic acid groups (broad SMARTS) is 1. The Kier molecular flexibility index (Phi) is 3.91. The summed E-state index contributed by atoms with van der Waals surface area (Å²) in [5, 5.41) is 12.3. The number of rotatable bonds is 5. The number of benzene rings is 1. The Bertz CT molecular complexity index is 728. The molecule has 0 spiro atoms. The zero-order valence-electron chi connectivity index (χ0n) is 9.69. The molecule has 0 aliphatic heterocycles. The van der Waals surface area contributed by atoms with Gasteiger partial charge >= 0.3 is 5.97 Å². The lowest BCUT2D eigenvalue weighted by Gasteiger charge is -2.08. The molecule has 0 bridgehead atoms. The molecule has 20 heavy (non-hydrogen) atoms. The van der Waals surface area contributed by atoms with E-state index in [-0.39, 0.29) is 23.7 Å². The van der Waals surface area contributed by atoms with Gasteiger partial charge in [0.2, 0.25) is 12.2 Å². The Labute approximate surface area is 117 Å². The van der Waals surface area contributed by atoms with Crippen LogP contribution in [-0.2, 0) is 15.7 Å². The first kappa shape index (κ1) is 14.3. The summed E-state index contributed by atoms with van der Waals surface area (Å²) in [6.07, 6.45) is 1.09. The molecule has 1 aromatic heterocycles. The standard InChI is InChI=1S/C10H7ClN2O6S/c11-20(16,17)8-3-6(10(14)15)1-2-7(8)18-4-9-12-5-19-13-9/h1-3,5H,4H2,(H,14,15). The van der Waals surface area contributed by atoms with E-state index >= 15 is 0 Å². The molecule has 0 aliphatic rings. The van der Waals surface area contributed by atoms with E-state index in [1.54, 1.807) is 0 Å². The van der Waals surface area contributed by atoms with Crippen LogP contribution in [0.3, 0.4) is 0 Å². The van der Waals surface area contributed by atoms with Crippen LogP contribution in [0.15, 0.2) is 34.0 Å². The van der Waals surface area contributed by atoms with E-state index in [1.807, 2.05) is 0 Å². The molecule has 2 aromatic rings. The third-order valence-corrected chi connectivity index (χ3v) is 3.56. The highest BCUT2D eigenvalue weighted by Crippen LogP contribution is 2.28. The molecular weight excluding hydrogens is 312 g/mol. The van der Waals surface area contributed by atoms with Gasteiger partial charge in [-0.25, -0.2) is 13.2 Å². The van der Waals surface area contributed by atoms with Gasteiger partial charge in [-0.15, -0.1) is 0 Å². The monoisotopic (exact) mass is 318 g/mol. The van der Waals surface area contributed by atoms with Gasteiger partial charge in [-0.05, 0) is 18.2 Å². The Morgan fingerprint density at radius 1 is 1.45 bits per heavy atom. The van der Waals surface area contributed by atoms with E-state index in [4.69, 9.17) is 20.5 Å². The molecule has 0 fully saturated rings. The number of hydrogen-bond donors (Lipinski definition) is 1. The Morgan fingerprint density at radius 2 is 2.20 bits per heavy atom. The first-order valence-electron chi connectivity index (χ1n) is 5.08. The molecule has 0 saturated heterocycles. The molecule has 0 atom stereocenters. The Balaban J connectivity index is 2.34. The number of halogens is 1. The second kappa shape index (κ2) is 5.47. The fraction of sp³-hybridized carbons (Fsp3) is 0.100. The summed E-state index contributed by atoms with van der Waals surface area (Å²) in [5.41, 5.74) is -0.226. The average molecular weight is 319 g/mol. The van der Waals surface area contributed by atoms with Crippen molar-refractivity contribution in [3.63, 3.8) is 0 Å². The fourth-order valence-electron chi connectivity index (χ4n) is 1.35. The van der Waals surface area contributed by atoms with Crippen molar-refractivity contribution in [2.75, 3.05) is 0 Å². The van der Waals surface area contributed by atoms with Gasteiger partial charge in [0.05, 0.1) is 5.56 Å². The average Bonchev–Trinajstić information content (AvgIpc) is 2.88. The first-order chi connectivity index (χ1) is 9.38. The number of hydrogen-bond acceptors (Lipinski definition) is 7. The summed E-state index contributed by atoms with van der Waals surface area (Å²) in [4.78, 5) is 14.1. The van der Waals surface area contributed by atoms with Crippen LogP contribution in [0.4, 0.5) is 0 Å². The van der Waals surface area contributed by atoms with E-state index in [0.29, 0.717) is 0 Å². The van der Waals surface area contributed by atoms with Crippen LogP contribution in [0, 0.1) is 0 Å². The predicted octanol–water partition coefficient (Wildman–Crippen LogP) is 1.27. The van der Waals surface area contributed by atoms with Crippen molar-refractivity contribution < 1.29 is 27.6 Å². The summed E-state index contributed by atoms with van der Waals surface area (Å²) >= 11 is 0. The zero-order valence-corrected chi connectivity index (χ0v) is 11.3. The Morgan fingerprint density at radius 3 is 2.75 bits per heavy atom. The summed E-state index contributed by atoms with van der Waals surface area (Å²) < 4.78 is 32.6. The molecule has 1 N–H and O–H groups in total. The van der Waals surface area contributed by atoms with Crippen LogP contribution in [0.5, 0.6) is 5.75 Å². The largest absolute Gasteiger partial charge is 0.484 e. The minimum absolute atomic E-state index is 0.102. The van der Waals surface area contributed by atoms with Gasteiger partial charge in [-0.3, -0.25) is 0 Å². The van der Waals surface area contributed by atoms with E-state index in [9.17, 15) is 13.2 Å². The summed E-state index contributed by atoms with van der Waals surface area (Å²) in [6.45, 7) is -0.150. The minimum atomic E-state index is -4.16. The van der Waals surface area contributed by atoms with Crippen molar-refractivity contribution >= 4 is 25.7 Å². The molecule has 1 heterocycles. The second-order valence-corrected chi connectivity index (χ2v) is 6.07. The van der Waals surface area contributed by atoms with Gasteiger partial charge < -0.3 is 14.4 Å². The van der Waals surface area contributed by atoms with Crippen LogP contribution in [0.1, 0.15) is 16.2 Å². The SMILES string of the molecule is O=C(O)c1ccc(OCc2ncon2)c(S(=O)(=O)Cl)c1. The van der Waals surface area contributed by atoms with Crippen LogP contribution in [0.25, 0.3) is 0 Å². The summed E-state index contributed by atoms with van der Waals surface area (Å²) in [5.74, 6) is -1.18. The second-order valence-electron chi connectivity index (χ2n) is 3.54. The highest BCUT2D eigenvalue weighted by atomic mass is 35.7. The number of aromatic nitrogens is 2.